The summed E-state index contributed by atoms with van der Waals surface area (Å²) in [5.41, 5.74) is 2.78. The summed E-state index contributed by atoms with van der Waals surface area (Å²) in [6.45, 7) is 2.00. The molecule has 4 rings (SSSR count). The van der Waals surface area contributed by atoms with E-state index < -0.39 is 0 Å². The van der Waals surface area contributed by atoms with E-state index in [-0.39, 0.29) is 5.63 Å². The zero-order valence-corrected chi connectivity index (χ0v) is 12.5. The molecule has 0 radical (unpaired) electrons. The fourth-order valence-electron chi connectivity index (χ4n) is 2.63. The third kappa shape index (κ3) is 1.92. The summed E-state index contributed by atoms with van der Waals surface area (Å²) in [6, 6.07) is 13.1. The number of hydrogen-bond acceptors (Lipinski definition) is 3. The van der Waals surface area contributed by atoms with Crippen LogP contribution in [-0.2, 0) is 0 Å². The molecule has 0 aliphatic rings. The van der Waals surface area contributed by atoms with E-state index >= 15 is 0 Å². The van der Waals surface area contributed by atoms with Crippen molar-refractivity contribution in [2.45, 2.75) is 6.92 Å². The van der Waals surface area contributed by atoms with Crippen LogP contribution in [0.2, 0.25) is 5.02 Å². The SMILES string of the molecule is Cc1ccc2oc(=O)c3cnn(-c4cccc(Cl)c4)c3c2c1. The maximum atomic E-state index is 12.1. The van der Waals surface area contributed by atoms with E-state index in [0.717, 1.165) is 22.2 Å². The summed E-state index contributed by atoms with van der Waals surface area (Å²) in [7, 11) is 0. The number of nitrogens with zero attached hydrogens (tertiary/aromatic N) is 2. The molecule has 2 aromatic heterocycles. The lowest BCUT2D eigenvalue weighted by Crippen LogP contribution is -2.01. The van der Waals surface area contributed by atoms with Crippen molar-refractivity contribution in [3.05, 3.63) is 69.7 Å². The zero-order chi connectivity index (χ0) is 15.3. The van der Waals surface area contributed by atoms with E-state index in [1.807, 2.05) is 37.3 Å². The molecule has 5 heteroatoms. The molecule has 0 bridgehead atoms. The van der Waals surface area contributed by atoms with Crippen LogP contribution in [0.4, 0.5) is 0 Å². The molecule has 108 valence electrons. The third-order valence-electron chi connectivity index (χ3n) is 3.63. The van der Waals surface area contributed by atoms with Crippen molar-refractivity contribution < 1.29 is 4.42 Å². The molecule has 0 aliphatic heterocycles. The number of fused-ring (bicyclic) bond motifs is 3. The lowest BCUT2D eigenvalue weighted by Gasteiger charge is -2.06. The highest BCUT2D eigenvalue weighted by molar-refractivity contribution is 6.30. The quantitative estimate of drug-likeness (QED) is 0.497. The minimum absolute atomic E-state index is 0.389. The molecule has 0 aliphatic carbocycles. The Kier molecular flexibility index (Phi) is 2.81. The van der Waals surface area contributed by atoms with Crippen LogP contribution in [0.1, 0.15) is 5.56 Å². The van der Waals surface area contributed by atoms with Crippen LogP contribution in [0.25, 0.3) is 27.6 Å². The second kappa shape index (κ2) is 4.71. The number of halogens is 1. The van der Waals surface area contributed by atoms with Crippen LogP contribution in [0.15, 0.2) is 57.9 Å². The van der Waals surface area contributed by atoms with Crippen molar-refractivity contribution in [1.29, 1.82) is 0 Å². The topological polar surface area (TPSA) is 48.0 Å². The minimum atomic E-state index is -0.389. The number of hydrogen-bond donors (Lipinski definition) is 0. The Balaban J connectivity index is 2.19. The van der Waals surface area contributed by atoms with E-state index in [1.165, 1.54) is 6.20 Å². The van der Waals surface area contributed by atoms with Gasteiger partial charge in [0, 0.05) is 10.4 Å². The highest BCUT2D eigenvalue weighted by Gasteiger charge is 2.14. The standard InChI is InChI=1S/C17H11ClN2O2/c1-10-5-6-15-13(7-10)16-14(17(21)22-15)9-19-20(16)12-4-2-3-11(18)8-12/h2-9H,1H3. The van der Waals surface area contributed by atoms with Crippen molar-refractivity contribution in [2.24, 2.45) is 0 Å². The van der Waals surface area contributed by atoms with Gasteiger partial charge in [-0.05, 0) is 37.3 Å². The van der Waals surface area contributed by atoms with E-state index in [4.69, 9.17) is 16.0 Å². The van der Waals surface area contributed by atoms with E-state index in [0.29, 0.717) is 16.0 Å². The van der Waals surface area contributed by atoms with Gasteiger partial charge in [0.05, 0.1) is 17.4 Å². The molecule has 0 fully saturated rings. The van der Waals surface area contributed by atoms with Gasteiger partial charge < -0.3 is 4.42 Å². The average molecular weight is 311 g/mol. The molecule has 0 saturated carbocycles. The minimum Gasteiger partial charge on any atom is -0.422 e. The van der Waals surface area contributed by atoms with Crippen LogP contribution >= 0.6 is 11.6 Å². The van der Waals surface area contributed by atoms with Gasteiger partial charge in [-0.25, -0.2) is 9.48 Å². The first-order chi connectivity index (χ1) is 10.6. The fraction of sp³-hybridized carbons (Fsp3) is 0.0588. The largest absolute Gasteiger partial charge is 0.422 e. The third-order valence-corrected chi connectivity index (χ3v) is 3.87. The second-order valence-electron chi connectivity index (χ2n) is 5.19. The highest BCUT2D eigenvalue weighted by atomic mass is 35.5. The van der Waals surface area contributed by atoms with Crippen LogP contribution < -0.4 is 5.63 Å². The van der Waals surface area contributed by atoms with Crippen molar-refractivity contribution in [3.8, 4) is 5.69 Å². The van der Waals surface area contributed by atoms with Crippen LogP contribution in [0, 0.1) is 6.92 Å². The molecule has 0 atom stereocenters. The first-order valence-corrected chi connectivity index (χ1v) is 7.18. The Bertz CT molecular complexity index is 1080. The molecule has 2 aromatic carbocycles. The summed E-state index contributed by atoms with van der Waals surface area (Å²) >= 11 is 6.07. The van der Waals surface area contributed by atoms with Gasteiger partial charge in [0.25, 0.3) is 0 Å². The predicted molar refractivity (Wildman–Crippen MR) is 86.9 cm³/mol. The monoisotopic (exact) mass is 310 g/mol. The summed E-state index contributed by atoms with van der Waals surface area (Å²) in [4.78, 5) is 12.1. The molecule has 2 heterocycles. The number of aryl methyl sites for hydroxylation is 1. The molecule has 4 nitrogen and oxygen atoms in total. The Morgan fingerprint density at radius 3 is 2.82 bits per heavy atom. The summed E-state index contributed by atoms with van der Waals surface area (Å²) in [5.74, 6) is 0. The maximum Gasteiger partial charge on any atom is 0.347 e. The molecule has 0 unspecified atom stereocenters. The smallest absolute Gasteiger partial charge is 0.347 e. The molecule has 0 saturated heterocycles. The summed E-state index contributed by atoms with van der Waals surface area (Å²) < 4.78 is 7.09. The zero-order valence-electron chi connectivity index (χ0n) is 11.7. The van der Waals surface area contributed by atoms with Gasteiger partial charge in [-0.1, -0.05) is 29.3 Å². The van der Waals surface area contributed by atoms with Crippen molar-refractivity contribution >= 4 is 33.5 Å². The van der Waals surface area contributed by atoms with Gasteiger partial charge in [0.2, 0.25) is 0 Å². The predicted octanol–water partition coefficient (Wildman–Crippen LogP) is 4.09. The first-order valence-electron chi connectivity index (χ1n) is 6.80. The number of benzene rings is 2. The Morgan fingerprint density at radius 1 is 1.14 bits per heavy atom. The Morgan fingerprint density at radius 2 is 2.00 bits per heavy atom. The molecule has 22 heavy (non-hydrogen) atoms. The lowest BCUT2D eigenvalue weighted by molar-refractivity contribution is 0.569. The van der Waals surface area contributed by atoms with Crippen LogP contribution in [0.5, 0.6) is 0 Å². The van der Waals surface area contributed by atoms with Crippen molar-refractivity contribution in [3.63, 3.8) is 0 Å². The van der Waals surface area contributed by atoms with Gasteiger partial charge in [0.1, 0.15) is 11.0 Å². The highest BCUT2D eigenvalue weighted by Crippen LogP contribution is 2.26. The lowest BCUT2D eigenvalue weighted by atomic mass is 10.1. The van der Waals surface area contributed by atoms with E-state index in [1.54, 1.807) is 16.8 Å². The fourth-order valence-corrected chi connectivity index (χ4v) is 2.82. The van der Waals surface area contributed by atoms with Gasteiger partial charge in [-0.2, -0.15) is 5.10 Å². The van der Waals surface area contributed by atoms with Gasteiger partial charge in [-0.3, -0.25) is 0 Å². The van der Waals surface area contributed by atoms with Gasteiger partial charge in [-0.15, -0.1) is 0 Å². The van der Waals surface area contributed by atoms with Crippen molar-refractivity contribution in [1.82, 2.24) is 9.78 Å². The summed E-state index contributed by atoms with van der Waals surface area (Å²) in [6.07, 6.45) is 1.53. The molecule has 0 spiro atoms. The van der Waals surface area contributed by atoms with Crippen molar-refractivity contribution in [2.75, 3.05) is 0 Å². The van der Waals surface area contributed by atoms with E-state index in [2.05, 4.69) is 5.10 Å². The second-order valence-corrected chi connectivity index (χ2v) is 5.62. The van der Waals surface area contributed by atoms with Gasteiger partial charge >= 0.3 is 5.63 Å². The molecular formula is C17H11ClN2O2. The normalized spacial score (nSPS) is 11.4. The maximum absolute atomic E-state index is 12.1. The van der Waals surface area contributed by atoms with Gasteiger partial charge in [0.15, 0.2) is 0 Å². The molecular weight excluding hydrogens is 300 g/mol. The van der Waals surface area contributed by atoms with E-state index in [9.17, 15) is 4.79 Å². The number of aromatic nitrogens is 2. The Labute approximate surface area is 130 Å². The first kappa shape index (κ1) is 13.1. The van der Waals surface area contributed by atoms with Crippen LogP contribution in [-0.4, -0.2) is 9.78 Å². The Hall–Kier alpha value is -2.59. The number of rotatable bonds is 1. The van der Waals surface area contributed by atoms with Crippen LogP contribution in [0.3, 0.4) is 0 Å². The molecule has 0 amide bonds. The average Bonchev–Trinajstić information content (AvgIpc) is 2.94. The molecule has 0 N–H and O–H groups in total. The summed E-state index contributed by atoms with van der Waals surface area (Å²) in [5, 5.41) is 6.27. The molecule has 4 aromatic rings.